The Balaban J connectivity index is 1.15. The fourth-order valence-electron chi connectivity index (χ4n) is 10.9. The lowest BCUT2D eigenvalue weighted by Crippen LogP contribution is -2.62. The molecule has 0 radical (unpaired) electrons. The number of aryl methyl sites for hydroxylation is 1. The lowest BCUT2D eigenvalue weighted by atomic mass is 9.84. The first-order chi connectivity index (χ1) is 32.9. The molecule has 2 unspecified atom stereocenters. The number of pyridine rings is 2. The maximum absolute atomic E-state index is 15.0. The van der Waals surface area contributed by atoms with Gasteiger partial charge in [0.25, 0.3) is 17.7 Å². The van der Waals surface area contributed by atoms with E-state index in [1.165, 1.54) is 5.01 Å². The Kier molecular flexibility index (Phi) is 14.2. The molecule has 16 heteroatoms. The average Bonchev–Trinajstić information content (AvgIpc) is 3.57. The van der Waals surface area contributed by atoms with Gasteiger partial charge in [-0.05, 0) is 99.1 Å². The van der Waals surface area contributed by atoms with Crippen molar-refractivity contribution in [2.75, 3.05) is 67.6 Å². The van der Waals surface area contributed by atoms with Gasteiger partial charge in [-0.25, -0.2) is 14.7 Å². The number of nitrogens with one attached hydrogen (secondary N) is 2. The van der Waals surface area contributed by atoms with Crippen LogP contribution in [0.25, 0.3) is 33.3 Å². The summed E-state index contributed by atoms with van der Waals surface area (Å²) in [5, 5.41) is 5.64. The fourth-order valence-corrected chi connectivity index (χ4v) is 10.9. The highest BCUT2D eigenvalue weighted by Crippen LogP contribution is 2.49. The molecular formula is C53H68N9O7+. The SMILES string of the molecule is CCn1c(-c2cnccc2COC)c2c3cc(ccc31)-c1cncc(c1)CC(NC(=O)[C@@]1(C(C)C)C[N+]1(C)C(=O)[C@H]1CCN(C(=O)C#CCN(C)C)C1)C(=O)N1CCC[C@H](N1)C(=O)OCC(C)(C)C2. The Hall–Kier alpha value is -5.99. The summed E-state index contributed by atoms with van der Waals surface area (Å²) in [5.74, 6) is 3.18. The van der Waals surface area contributed by atoms with Crippen molar-refractivity contribution in [3.63, 3.8) is 0 Å². The van der Waals surface area contributed by atoms with Gasteiger partial charge >= 0.3 is 11.9 Å². The molecule has 8 rings (SSSR count). The first kappa shape index (κ1) is 49.4. The number of cyclic esters (lactones) is 1. The quantitative estimate of drug-likeness (QED) is 0.106. The van der Waals surface area contributed by atoms with E-state index >= 15 is 0 Å². The number of aromatic nitrogens is 3. The van der Waals surface area contributed by atoms with Gasteiger partial charge in [0.1, 0.15) is 12.1 Å². The Morgan fingerprint density at radius 1 is 1.06 bits per heavy atom. The molecule has 69 heavy (non-hydrogen) atoms. The smallest absolute Gasteiger partial charge is 0.324 e. The van der Waals surface area contributed by atoms with Crippen LogP contribution in [0.5, 0.6) is 0 Å². The number of benzene rings is 1. The Labute approximate surface area is 405 Å². The zero-order valence-electron chi connectivity index (χ0n) is 41.7. The molecule has 1 aromatic carbocycles. The van der Waals surface area contributed by atoms with Crippen LogP contribution in [0.3, 0.4) is 0 Å². The summed E-state index contributed by atoms with van der Waals surface area (Å²) in [6.07, 6.45) is 9.37. The van der Waals surface area contributed by atoms with Crippen LogP contribution in [0.4, 0.5) is 0 Å². The summed E-state index contributed by atoms with van der Waals surface area (Å²) in [4.78, 5) is 83.9. The monoisotopic (exact) mass is 943 g/mol. The third-order valence-electron chi connectivity index (χ3n) is 14.7. The number of nitrogens with zero attached hydrogens (tertiary/aromatic N) is 7. The molecule has 366 valence electrons. The number of hydrogen-bond donors (Lipinski definition) is 2. The molecule has 3 fully saturated rings. The molecule has 4 aliphatic heterocycles. The molecule has 3 aromatic heterocycles. The van der Waals surface area contributed by atoms with E-state index in [2.05, 4.69) is 76.1 Å². The van der Waals surface area contributed by atoms with Crippen molar-refractivity contribution in [1.82, 2.24) is 40.1 Å². The van der Waals surface area contributed by atoms with Crippen molar-refractivity contribution < 1.29 is 37.9 Å². The van der Waals surface area contributed by atoms with Gasteiger partial charge in [0.05, 0.1) is 38.4 Å². The first-order valence-corrected chi connectivity index (χ1v) is 24.3. The molecule has 4 aliphatic rings. The largest absolute Gasteiger partial charge is 0.464 e. The van der Waals surface area contributed by atoms with Gasteiger partial charge in [0.15, 0.2) is 6.54 Å². The third kappa shape index (κ3) is 9.66. The lowest BCUT2D eigenvalue weighted by molar-refractivity contribution is -0.727. The van der Waals surface area contributed by atoms with Crippen LogP contribution in [0.15, 0.2) is 55.1 Å². The Bertz CT molecular complexity index is 2720. The highest BCUT2D eigenvalue weighted by molar-refractivity contribution is 5.98. The van der Waals surface area contributed by atoms with Crippen molar-refractivity contribution in [3.8, 4) is 34.2 Å². The highest BCUT2D eigenvalue weighted by Gasteiger charge is 2.78. The van der Waals surface area contributed by atoms with Gasteiger partial charge < -0.3 is 24.3 Å². The summed E-state index contributed by atoms with van der Waals surface area (Å²) in [6, 6.07) is 8.56. The maximum Gasteiger partial charge on any atom is 0.324 e. The second-order valence-corrected chi connectivity index (χ2v) is 20.9. The number of hydrazine groups is 1. The molecule has 4 amide bonds. The number of methoxy groups -OCH3 is 1. The summed E-state index contributed by atoms with van der Waals surface area (Å²) < 4.78 is 14.0. The van der Waals surface area contributed by atoms with Crippen LogP contribution in [-0.2, 0) is 59.4 Å². The van der Waals surface area contributed by atoms with Gasteiger partial charge in [-0.15, -0.1) is 0 Å². The zero-order chi connectivity index (χ0) is 49.4. The van der Waals surface area contributed by atoms with Crippen molar-refractivity contribution >= 4 is 40.5 Å². The van der Waals surface area contributed by atoms with Gasteiger partial charge in [-0.2, -0.15) is 0 Å². The molecule has 5 atom stereocenters. The van der Waals surface area contributed by atoms with Crippen molar-refractivity contribution in [2.45, 2.75) is 97.5 Å². The molecular weight excluding hydrogens is 875 g/mol. The van der Waals surface area contributed by atoms with E-state index in [4.69, 9.17) is 9.47 Å². The van der Waals surface area contributed by atoms with E-state index in [9.17, 15) is 24.0 Å². The number of carbonyl (C=O) groups is 5. The van der Waals surface area contributed by atoms with Crippen LogP contribution in [0.2, 0.25) is 0 Å². The van der Waals surface area contributed by atoms with E-state index in [0.717, 1.165) is 50.0 Å². The molecule has 2 N–H and O–H groups in total. The molecule has 6 bridgehead atoms. The van der Waals surface area contributed by atoms with Crippen LogP contribution < -0.4 is 10.7 Å². The second kappa shape index (κ2) is 19.8. The Morgan fingerprint density at radius 3 is 2.59 bits per heavy atom. The average molecular weight is 943 g/mol. The van der Waals surface area contributed by atoms with Crippen molar-refractivity contribution in [3.05, 3.63) is 71.8 Å². The molecule has 16 nitrogen and oxygen atoms in total. The molecule has 0 saturated carbocycles. The minimum Gasteiger partial charge on any atom is -0.464 e. The van der Waals surface area contributed by atoms with Gasteiger partial charge in [0.2, 0.25) is 5.54 Å². The van der Waals surface area contributed by atoms with E-state index in [1.807, 2.05) is 57.4 Å². The second-order valence-electron chi connectivity index (χ2n) is 20.9. The lowest BCUT2D eigenvalue weighted by Gasteiger charge is -2.36. The molecule has 3 saturated heterocycles. The molecule has 7 heterocycles. The Morgan fingerprint density at radius 2 is 1.86 bits per heavy atom. The number of quaternary nitrogens is 1. The predicted molar refractivity (Wildman–Crippen MR) is 261 cm³/mol. The summed E-state index contributed by atoms with van der Waals surface area (Å²) in [6.45, 7) is 13.1. The summed E-state index contributed by atoms with van der Waals surface area (Å²) in [7, 11) is 7.24. The van der Waals surface area contributed by atoms with E-state index in [1.54, 1.807) is 31.5 Å². The highest BCUT2D eigenvalue weighted by atomic mass is 16.5. The number of fused-ring (bicyclic) bond motifs is 6. The van der Waals surface area contributed by atoms with Crippen molar-refractivity contribution in [2.24, 2.45) is 17.3 Å². The minimum atomic E-state index is -1.15. The normalized spacial score (nSPS) is 24.7. The number of likely N-dealkylation sites (tertiary alicyclic amines) is 1. The summed E-state index contributed by atoms with van der Waals surface area (Å²) in [5.41, 5.74) is 9.19. The molecule has 4 aromatic rings. The van der Waals surface area contributed by atoms with Crippen molar-refractivity contribution in [1.29, 1.82) is 0 Å². The van der Waals surface area contributed by atoms with Crippen LogP contribution in [0, 0.1) is 29.1 Å². The van der Waals surface area contributed by atoms with E-state index in [0.29, 0.717) is 58.5 Å². The van der Waals surface area contributed by atoms with Gasteiger partial charge in [0, 0.05) is 97.9 Å². The standard InChI is InChI=1S/C53H67N9O7/c1-10-60-45-16-15-36-25-40(45)41(47(60)42-29-54-19-17-38(42)31-68-9)26-52(4,5)33-69-50(66)43-13-11-21-61(57-43)48(64)44(24-35-23-39(36)28-55-27-35)56-51(67)53(34(2)3)32-62(53,8)49(65)37-18-22-59(30-37)46(63)14-12-20-58(6)7/h15-17,19,23,25,27-29,34,37,43-44,57H,10-11,13,18,20-22,24,26,30-33H2,1-9H3/p+1/t37-,43-,44?,53-,62?/m0/s1. The fraction of sp³-hybridized carbons (Fsp3) is 0.528. The number of amides is 4. The summed E-state index contributed by atoms with van der Waals surface area (Å²) >= 11 is 0. The van der Waals surface area contributed by atoms with Gasteiger partial charge in [-0.1, -0.05) is 39.7 Å². The number of rotatable bonds is 9. The molecule has 0 spiro atoms. The van der Waals surface area contributed by atoms with Crippen LogP contribution >= 0.6 is 0 Å². The first-order valence-electron chi connectivity index (χ1n) is 24.3. The van der Waals surface area contributed by atoms with Gasteiger partial charge in [-0.3, -0.25) is 39.1 Å². The van der Waals surface area contributed by atoms with E-state index < -0.39 is 46.7 Å². The third-order valence-corrected chi connectivity index (χ3v) is 14.7. The number of esters is 1. The molecule has 0 aliphatic carbocycles. The maximum atomic E-state index is 15.0. The zero-order valence-corrected chi connectivity index (χ0v) is 41.7. The number of carbonyl (C=O) groups excluding carboxylic acids is 5. The minimum absolute atomic E-state index is 0.0976. The number of ether oxygens (including phenoxy) is 2. The topological polar surface area (TPSA) is 168 Å². The number of likely N-dealkylation sites (N-methyl/N-ethyl adjacent to an activating group) is 1. The number of hydrogen-bond acceptors (Lipinski definition) is 11. The van der Waals surface area contributed by atoms with E-state index in [-0.39, 0.29) is 48.3 Å². The van der Waals surface area contributed by atoms with Crippen LogP contribution in [-0.4, -0.2) is 149 Å². The predicted octanol–water partition coefficient (Wildman–Crippen LogP) is 4.38. The van der Waals surface area contributed by atoms with Crippen LogP contribution in [0.1, 0.15) is 70.6 Å².